The van der Waals surface area contributed by atoms with Crippen molar-refractivity contribution in [2.24, 2.45) is 5.92 Å². The van der Waals surface area contributed by atoms with Crippen molar-refractivity contribution in [1.82, 2.24) is 0 Å². The summed E-state index contributed by atoms with van der Waals surface area (Å²) in [5.74, 6) is -0.467. The Morgan fingerprint density at radius 2 is 1.83 bits per heavy atom. The second-order valence-corrected chi connectivity index (χ2v) is 6.75. The Labute approximate surface area is 145 Å². The zero-order chi connectivity index (χ0) is 17.2. The lowest BCUT2D eigenvalue weighted by atomic mass is 9.87. The van der Waals surface area contributed by atoms with E-state index in [0.29, 0.717) is 6.61 Å². The van der Waals surface area contributed by atoms with Gasteiger partial charge in [0.25, 0.3) is 0 Å². The summed E-state index contributed by atoms with van der Waals surface area (Å²) >= 11 is 0. The molecule has 0 amide bonds. The molecule has 3 heteroatoms. The highest BCUT2D eigenvalue weighted by molar-refractivity contribution is 5.22. The van der Waals surface area contributed by atoms with Crippen LogP contribution in [-0.2, 0) is 17.8 Å². The van der Waals surface area contributed by atoms with Crippen molar-refractivity contribution < 1.29 is 9.13 Å². The predicted molar refractivity (Wildman–Crippen MR) is 95.0 cm³/mol. The van der Waals surface area contributed by atoms with Crippen molar-refractivity contribution in [2.45, 2.75) is 71.0 Å². The second kappa shape index (κ2) is 10.3. The molecule has 0 bridgehead atoms. The van der Waals surface area contributed by atoms with E-state index in [9.17, 15) is 4.39 Å². The Morgan fingerprint density at radius 3 is 2.46 bits per heavy atom. The van der Waals surface area contributed by atoms with Gasteiger partial charge in [-0.1, -0.05) is 44.0 Å². The molecule has 0 aliphatic heterocycles. The van der Waals surface area contributed by atoms with Gasteiger partial charge < -0.3 is 4.74 Å². The summed E-state index contributed by atoms with van der Waals surface area (Å²) in [4.78, 5) is 0. The van der Waals surface area contributed by atoms with Gasteiger partial charge in [-0.3, -0.25) is 0 Å². The van der Waals surface area contributed by atoms with Crippen molar-refractivity contribution in [3.8, 4) is 6.07 Å². The maximum absolute atomic E-state index is 13.0. The van der Waals surface area contributed by atoms with Gasteiger partial charge in [0.2, 0.25) is 0 Å². The van der Waals surface area contributed by atoms with Gasteiger partial charge in [-0.15, -0.1) is 0 Å². The molecule has 1 aliphatic carbocycles. The molecular weight excluding hydrogens is 301 g/mol. The first kappa shape index (κ1) is 18.7. The van der Waals surface area contributed by atoms with Crippen molar-refractivity contribution in [1.29, 1.82) is 5.26 Å². The van der Waals surface area contributed by atoms with Gasteiger partial charge in [-0.2, -0.15) is 9.65 Å². The molecule has 1 aliphatic rings. The van der Waals surface area contributed by atoms with E-state index in [2.05, 4.69) is 31.2 Å². The Kier molecular flexibility index (Phi) is 7.98. The Balaban J connectivity index is 1.70. The first-order valence-electron chi connectivity index (χ1n) is 9.18. The Bertz CT molecular complexity index is 550. The van der Waals surface area contributed by atoms with E-state index in [4.69, 9.17) is 10.00 Å². The number of nitriles is 1. The van der Waals surface area contributed by atoms with Crippen LogP contribution >= 0.6 is 0 Å². The SMILES string of the molecule is CCCCCc1ccc(CO[C@H]2CC[C@H](C=C(F)C#N)CC2)cc1. The van der Waals surface area contributed by atoms with Gasteiger partial charge in [0.05, 0.1) is 12.7 Å². The van der Waals surface area contributed by atoms with Gasteiger partial charge >= 0.3 is 0 Å². The molecule has 0 atom stereocenters. The highest BCUT2D eigenvalue weighted by atomic mass is 19.1. The minimum atomic E-state index is -0.654. The summed E-state index contributed by atoms with van der Waals surface area (Å²) in [6.45, 7) is 2.87. The monoisotopic (exact) mass is 329 g/mol. The van der Waals surface area contributed by atoms with Crippen LogP contribution in [0.1, 0.15) is 63.0 Å². The summed E-state index contributed by atoms with van der Waals surface area (Å²) in [6.07, 6.45) is 10.4. The van der Waals surface area contributed by atoms with E-state index < -0.39 is 5.83 Å². The molecule has 1 aromatic carbocycles. The van der Waals surface area contributed by atoms with Crippen LogP contribution < -0.4 is 0 Å². The zero-order valence-corrected chi connectivity index (χ0v) is 14.6. The zero-order valence-electron chi connectivity index (χ0n) is 14.6. The number of unbranched alkanes of at least 4 members (excludes halogenated alkanes) is 2. The van der Waals surface area contributed by atoms with Gasteiger partial charge in [0.15, 0.2) is 5.83 Å². The lowest BCUT2D eigenvalue weighted by molar-refractivity contribution is 0.0109. The smallest absolute Gasteiger partial charge is 0.196 e. The number of ether oxygens (including phenoxy) is 1. The number of nitrogens with zero attached hydrogens (tertiary/aromatic N) is 1. The van der Waals surface area contributed by atoms with Crippen LogP contribution in [0.2, 0.25) is 0 Å². The predicted octanol–water partition coefficient (Wildman–Crippen LogP) is 5.87. The fourth-order valence-corrected chi connectivity index (χ4v) is 3.26. The molecule has 2 nitrogen and oxygen atoms in total. The van der Waals surface area contributed by atoms with Gasteiger partial charge in [-0.25, -0.2) is 0 Å². The largest absolute Gasteiger partial charge is 0.374 e. The minimum Gasteiger partial charge on any atom is -0.374 e. The third-order valence-electron chi connectivity index (χ3n) is 4.79. The molecule has 0 unspecified atom stereocenters. The average Bonchev–Trinajstić information content (AvgIpc) is 2.62. The Morgan fingerprint density at radius 1 is 1.17 bits per heavy atom. The minimum absolute atomic E-state index is 0.187. The number of aryl methyl sites for hydroxylation is 1. The van der Waals surface area contributed by atoms with Crippen LogP contribution in [-0.4, -0.2) is 6.10 Å². The highest BCUT2D eigenvalue weighted by Crippen LogP contribution is 2.28. The molecular formula is C21H28FNO. The van der Waals surface area contributed by atoms with Crippen molar-refractivity contribution in [3.63, 3.8) is 0 Å². The maximum atomic E-state index is 13.0. The van der Waals surface area contributed by atoms with Crippen molar-refractivity contribution in [3.05, 3.63) is 47.3 Å². The lowest BCUT2D eigenvalue weighted by Gasteiger charge is -2.26. The molecule has 24 heavy (non-hydrogen) atoms. The molecule has 0 radical (unpaired) electrons. The molecule has 2 rings (SSSR count). The number of benzene rings is 1. The molecule has 130 valence electrons. The van der Waals surface area contributed by atoms with E-state index >= 15 is 0 Å². The summed E-state index contributed by atoms with van der Waals surface area (Å²) in [7, 11) is 0. The second-order valence-electron chi connectivity index (χ2n) is 6.75. The topological polar surface area (TPSA) is 33.0 Å². The normalized spacial score (nSPS) is 21.5. The number of hydrogen-bond acceptors (Lipinski definition) is 2. The van der Waals surface area contributed by atoms with Crippen LogP contribution in [0.15, 0.2) is 36.2 Å². The van der Waals surface area contributed by atoms with Crippen molar-refractivity contribution in [2.75, 3.05) is 0 Å². The molecule has 0 aromatic heterocycles. The summed E-state index contributed by atoms with van der Waals surface area (Å²) in [6, 6.07) is 10.3. The third kappa shape index (κ3) is 6.45. The molecule has 1 aromatic rings. The van der Waals surface area contributed by atoms with E-state index in [1.807, 2.05) is 0 Å². The molecule has 1 saturated carbocycles. The van der Waals surface area contributed by atoms with Crippen LogP contribution in [0.3, 0.4) is 0 Å². The molecule has 0 spiro atoms. The number of allylic oxidation sites excluding steroid dienone is 2. The number of hydrogen-bond donors (Lipinski definition) is 0. The van der Waals surface area contributed by atoms with Gasteiger partial charge in [0, 0.05) is 0 Å². The molecule has 1 fully saturated rings. The maximum Gasteiger partial charge on any atom is 0.196 e. The molecule has 0 heterocycles. The number of halogens is 1. The summed E-state index contributed by atoms with van der Waals surface area (Å²) < 4.78 is 19.0. The van der Waals surface area contributed by atoms with Crippen LogP contribution in [0, 0.1) is 17.2 Å². The summed E-state index contributed by atoms with van der Waals surface area (Å²) in [5, 5.41) is 8.49. The standard InChI is InChI=1S/C21H28FNO/c1-2-3-4-5-17-6-8-19(9-7-17)16-24-21-12-10-18(11-13-21)14-20(22)15-23/h6-9,14,18,21H,2-5,10-13,16H2,1H3/t18-,21-. The van der Waals surface area contributed by atoms with E-state index in [1.165, 1.54) is 36.5 Å². The first-order valence-corrected chi connectivity index (χ1v) is 9.18. The fraction of sp³-hybridized carbons (Fsp3) is 0.571. The molecule has 0 saturated heterocycles. The number of rotatable bonds is 8. The Hall–Kier alpha value is -1.66. The van der Waals surface area contributed by atoms with Gasteiger partial charge in [-0.05, 0) is 61.6 Å². The third-order valence-corrected chi connectivity index (χ3v) is 4.79. The molecule has 0 N–H and O–H groups in total. The van der Waals surface area contributed by atoms with Crippen LogP contribution in [0.5, 0.6) is 0 Å². The fourth-order valence-electron chi connectivity index (χ4n) is 3.26. The average molecular weight is 329 g/mol. The van der Waals surface area contributed by atoms with E-state index in [1.54, 1.807) is 6.07 Å². The van der Waals surface area contributed by atoms with Crippen LogP contribution in [0.25, 0.3) is 0 Å². The van der Waals surface area contributed by atoms with Crippen molar-refractivity contribution >= 4 is 0 Å². The summed E-state index contributed by atoms with van der Waals surface area (Å²) in [5.41, 5.74) is 2.62. The lowest BCUT2D eigenvalue weighted by Crippen LogP contribution is -2.20. The van der Waals surface area contributed by atoms with E-state index in [-0.39, 0.29) is 12.0 Å². The van der Waals surface area contributed by atoms with Gasteiger partial charge in [0.1, 0.15) is 6.07 Å². The highest BCUT2D eigenvalue weighted by Gasteiger charge is 2.20. The first-order chi connectivity index (χ1) is 11.7. The van der Waals surface area contributed by atoms with Crippen LogP contribution in [0.4, 0.5) is 4.39 Å². The van der Waals surface area contributed by atoms with E-state index in [0.717, 1.165) is 32.1 Å². The quantitative estimate of drug-likeness (QED) is 0.441.